The molecule has 29 nitrogen and oxygen atoms in total. The van der Waals surface area contributed by atoms with Gasteiger partial charge in [0.05, 0.1) is 137 Å². The first-order valence-corrected chi connectivity index (χ1v) is 47.0. The molecule has 0 bridgehead atoms. The summed E-state index contributed by atoms with van der Waals surface area (Å²) in [6.45, 7) is 14.3. The maximum Gasteiger partial charge on any atom is 0.345 e. The Morgan fingerprint density at radius 2 is 0.764 bits per heavy atom. The van der Waals surface area contributed by atoms with E-state index >= 15 is 0 Å². The number of likely N-dealkylation sites (tertiary alicyclic amines) is 2. The summed E-state index contributed by atoms with van der Waals surface area (Å²) in [5.41, 5.74) is 28.5. The highest BCUT2D eigenvalue weighted by Crippen LogP contribution is 2.52. The Bertz CT molecular complexity index is 6690. The molecule has 31 heteroatoms. The van der Waals surface area contributed by atoms with Crippen LogP contribution in [0.3, 0.4) is 0 Å². The fourth-order valence-electron chi connectivity index (χ4n) is 18.8. The molecule has 10 aromatic rings. The molecule has 0 radical (unpaired) electrons. The number of amides is 6. The second-order valence-corrected chi connectivity index (χ2v) is 35.2. The molecule has 2 aromatic heterocycles. The Balaban J connectivity index is 0.000000161. The molecule has 2 unspecified atom stereocenters. The van der Waals surface area contributed by atoms with Crippen LogP contribution < -0.4 is 89.2 Å². The van der Waals surface area contributed by atoms with Crippen molar-refractivity contribution < 1.29 is 104 Å². The van der Waals surface area contributed by atoms with Gasteiger partial charge in [-0.15, -0.1) is 0 Å². The van der Waals surface area contributed by atoms with Crippen LogP contribution in [-0.4, -0.2) is 194 Å². The van der Waals surface area contributed by atoms with Crippen molar-refractivity contribution in [3.8, 4) is 69.0 Å². The summed E-state index contributed by atoms with van der Waals surface area (Å²) in [7, 11) is 24.8. The number of carbonyl (C=O) groups excluding carboxylic acids is 6. The number of likely N-dealkylation sites (N-methyl/N-ethyl adjacent to an activating group) is 2. The molecule has 0 spiro atoms. The molecule has 144 heavy (non-hydrogen) atoms. The van der Waals surface area contributed by atoms with E-state index in [-0.39, 0.29) is 85.2 Å². The molecule has 4 aliphatic carbocycles. The molecule has 756 valence electrons. The van der Waals surface area contributed by atoms with Gasteiger partial charge in [0.1, 0.15) is 63.1 Å². The second-order valence-electron chi connectivity index (χ2n) is 35.2. The zero-order chi connectivity index (χ0) is 103. The van der Waals surface area contributed by atoms with Crippen LogP contribution in [0.1, 0.15) is 162 Å². The summed E-state index contributed by atoms with van der Waals surface area (Å²) in [6.07, 6.45) is 14.2. The summed E-state index contributed by atoms with van der Waals surface area (Å²) in [5.74, 6) is 5.44. The van der Waals surface area contributed by atoms with Gasteiger partial charge in [-0.3, -0.25) is 19.2 Å². The number of methoxy groups -OCH3 is 12. The molecule has 6 amide bonds. The summed E-state index contributed by atoms with van der Waals surface area (Å²) in [6, 6.07) is 42.9. The quantitative estimate of drug-likeness (QED) is 0.0208. The average molecular weight is 1970 g/mol. The van der Waals surface area contributed by atoms with Crippen LogP contribution in [0.15, 0.2) is 185 Å². The van der Waals surface area contributed by atoms with Crippen molar-refractivity contribution in [1.82, 2.24) is 35.6 Å². The number of urea groups is 1. The average Bonchev–Trinajstić information content (AvgIpc) is 1.60. The van der Waals surface area contributed by atoms with Gasteiger partial charge in [0.15, 0.2) is 23.0 Å². The van der Waals surface area contributed by atoms with Gasteiger partial charge >= 0.3 is 12.0 Å². The number of nitrogens with two attached hydrogens (primary N) is 1. The Labute approximate surface area is 838 Å². The van der Waals surface area contributed by atoms with Gasteiger partial charge in [-0.2, -0.15) is 0 Å². The standard InChI is InChI=1S/C30H31NO7.C29H32N2O5.C27H31FN4O4.C27H31FN2O4/c1-6-37-30(33)29-26(35-4)13-19(14-27(29)36-5)12-23-18(2)24(25-15-20(34-3)9-10-22(23)25)16-28(32)31-17-21-8-7-11-38-21;1-18-23(12-19-13-26(34-4)29(36-6)27(14-19)35-5)22-10-9-21(33-3)15-25(22)24(18)16-28(32)30-17-20-8-7-11-31(20)2;1-15-20(9-16-10-23(35-3)26(31-27(29)34)24(11-16)36-4)19-6-5-17(28)12-22(19)21(15)13-25(33)30-18-7-8-32(2)14-18;1-16-21(10-17-11-24(32-3)27(34-5)25(12-17)33-4)20-7-6-18(28)13-23(20)22(16)14-26(31)29-19-8-9-30(2)15-19/h7-15H,6,16-17H2,1-5H3,(H,31,32);7-15H,16-17H2,1-6H3,(H,30,32);5-6,9-12,18H,7-8,13-14H2,1-4H3,(H,30,33)(H3,29,31,34);6-7,10-13,19H,8-9,14-15H2,1-5H3,(H,29,31)/b2*23-12-;20-9-;21-10-. The van der Waals surface area contributed by atoms with E-state index in [9.17, 15) is 37.5 Å². The van der Waals surface area contributed by atoms with Crippen LogP contribution in [0.2, 0.25) is 0 Å². The Morgan fingerprint density at radius 1 is 0.410 bits per heavy atom. The number of aryl methyl sites for hydroxylation is 1. The van der Waals surface area contributed by atoms with E-state index in [1.165, 1.54) is 52.7 Å². The maximum atomic E-state index is 14.2. The fourth-order valence-corrected chi connectivity index (χ4v) is 18.8. The number of allylic oxidation sites excluding steroid dienone is 8. The largest absolute Gasteiger partial charge is 0.497 e. The lowest BCUT2D eigenvalue weighted by atomic mass is 9.99. The number of nitrogens with one attached hydrogen (secondary N) is 5. The molecule has 2 atom stereocenters. The predicted molar refractivity (Wildman–Crippen MR) is 555 cm³/mol. The van der Waals surface area contributed by atoms with Crippen LogP contribution in [0.25, 0.3) is 68.9 Å². The van der Waals surface area contributed by atoms with Gasteiger partial charge in [-0.25, -0.2) is 18.4 Å². The summed E-state index contributed by atoms with van der Waals surface area (Å²) >= 11 is 0. The number of benzene rings is 8. The van der Waals surface area contributed by atoms with Crippen LogP contribution in [-0.2, 0) is 44.1 Å². The zero-order valence-electron chi connectivity index (χ0n) is 85.0. The molecule has 2 fully saturated rings. The first-order chi connectivity index (χ1) is 69.3. The summed E-state index contributed by atoms with van der Waals surface area (Å²) in [5, 5.41) is 14.7. The first-order valence-electron chi connectivity index (χ1n) is 47.0. The molecular formula is C113H125F2N9O20. The lowest BCUT2D eigenvalue weighted by Crippen LogP contribution is -2.36. The number of nitrogens with zero attached hydrogens (tertiary/aromatic N) is 3. The lowest BCUT2D eigenvalue weighted by molar-refractivity contribution is -0.121. The monoisotopic (exact) mass is 1970 g/mol. The minimum Gasteiger partial charge on any atom is -0.497 e. The number of furan rings is 1. The van der Waals surface area contributed by atoms with Crippen LogP contribution in [0, 0.1) is 11.6 Å². The van der Waals surface area contributed by atoms with Crippen molar-refractivity contribution in [1.29, 1.82) is 0 Å². The number of ether oxygens (including phenoxy) is 13. The number of rotatable bonds is 33. The minimum absolute atomic E-state index is 0.0339. The number of anilines is 1. The minimum atomic E-state index is -0.740. The van der Waals surface area contributed by atoms with E-state index < -0.39 is 12.0 Å². The molecule has 2 saturated heterocycles. The topological polar surface area (TPSA) is 333 Å². The van der Waals surface area contributed by atoms with Gasteiger partial charge in [-0.1, -0.05) is 24.3 Å². The van der Waals surface area contributed by atoms with Crippen molar-refractivity contribution >= 4 is 110 Å². The number of hydrogen-bond acceptors (Lipinski definition) is 22. The highest BCUT2D eigenvalue weighted by Gasteiger charge is 2.35. The zero-order valence-corrected chi connectivity index (χ0v) is 85.0. The number of halogens is 2. The van der Waals surface area contributed by atoms with Gasteiger partial charge < -0.3 is 113 Å². The second kappa shape index (κ2) is 48.1. The van der Waals surface area contributed by atoms with E-state index in [4.69, 9.17) is 71.7 Å². The summed E-state index contributed by atoms with van der Waals surface area (Å²) in [4.78, 5) is 80.0. The number of fused-ring (bicyclic) bond motifs is 4. The van der Waals surface area contributed by atoms with Crippen LogP contribution in [0.4, 0.5) is 19.3 Å². The van der Waals surface area contributed by atoms with E-state index in [1.807, 2.05) is 143 Å². The fraction of sp³-hybridized carbons (Fsp3) is 0.310. The van der Waals surface area contributed by atoms with Crippen molar-refractivity contribution in [3.05, 3.63) is 276 Å². The maximum absolute atomic E-state index is 14.2. The highest BCUT2D eigenvalue weighted by molar-refractivity contribution is 6.13. The molecule has 6 aliphatic rings. The van der Waals surface area contributed by atoms with E-state index in [0.29, 0.717) is 93.3 Å². The number of primary amides is 1. The number of carbonyl (C=O) groups is 6. The van der Waals surface area contributed by atoms with Crippen LogP contribution in [0.5, 0.6) is 69.0 Å². The first kappa shape index (κ1) is 106. The molecule has 4 heterocycles. The number of hydrogen-bond donors (Lipinski definition) is 6. The van der Waals surface area contributed by atoms with Crippen molar-refractivity contribution in [2.45, 2.75) is 98.3 Å². The Hall–Kier alpha value is -15.8. The van der Waals surface area contributed by atoms with Crippen molar-refractivity contribution in [2.75, 3.05) is 138 Å². The molecule has 2 aliphatic heterocycles. The van der Waals surface area contributed by atoms with Gasteiger partial charge in [0.25, 0.3) is 0 Å². The van der Waals surface area contributed by atoms with E-state index in [2.05, 4.69) is 56.4 Å². The SMILES string of the molecule is CCOC(=O)c1c(OC)cc(/C=C2/C(C)=C(CC(=O)NCc3ccco3)c3cc(OC)ccc32)cc1OC.COc1cc(/C=C2/C(C)=C(CC(=O)NC3CCN(C)C3)c3cc(F)ccc32)cc(OC)c1NC(N)=O.COc1cc(/C=C2/C(C)=C(CC(=O)NC3CCN(C)C3)c3cc(F)ccc32)cc(OC)c1OC.COc1ccc2c(c1)C(CC(=O)NCc1cccn1C)=C(C)/C2=C/c1cc(OC)c(OC)c(OC)c1. The van der Waals surface area contributed by atoms with Crippen LogP contribution >= 0.6 is 0 Å². The number of esters is 1. The third-order valence-corrected chi connectivity index (χ3v) is 26.1. The molecule has 7 N–H and O–H groups in total. The molecule has 8 aromatic carbocycles. The Kier molecular flexibility index (Phi) is 35.3. The molecule has 16 rings (SSSR count). The third kappa shape index (κ3) is 24.5. The third-order valence-electron chi connectivity index (χ3n) is 26.1. The van der Waals surface area contributed by atoms with E-state index in [0.717, 1.165) is 179 Å². The van der Waals surface area contributed by atoms with Crippen molar-refractivity contribution in [2.24, 2.45) is 12.8 Å². The van der Waals surface area contributed by atoms with Gasteiger partial charge in [0, 0.05) is 44.1 Å². The van der Waals surface area contributed by atoms with Crippen molar-refractivity contribution in [3.63, 3.8) is 0 Å². The number of aromatic nitrogens is 1. The molecule has 0 saturated carbocycles. The Morgan fingerprint density at radius 3 is 1.08 bits per heavy atom. The van der Waals surface area contributed by atoms with Gasteiger partial charge in [0.2, 0.25) is 35.1 Å². The van der Waals surface area contributed by atoms with Gasteiger partial charge in [-0.05, 0) is 354 Å². The smallest absolute Gasteiger partial charge is 0.345 e. The summed E-state index contributed by atoms with van der Waals surface area (Å²) < 4.78 is 107. The lowest BCUT2D eigenvalue weighted by Gasteiger charge is -2.15. The normalized spacial score (nSPS) is 16.0. The van der Waals surface area contributed by atoms with E-state index in [1.54, 1.807) is 113 Å². The molecular weight excluding hydrogens is 1840 g/mol. The predicted octanol–water partition coefficient (Wildman–Crippen LogP) is 18.9. The highest BCUT2D eigenvalue weighted by atomic mass is 19.1.